The maximum absolute atomic E-state index is 11.3. The lowest BCUT2D eigenvalue weighted by Gasteiger charge is -2.35. The Morgan fingerprint density at radius 2 is 1.31 bits per heavy atom. The molecule has 35 heavy (non-hydrogen) atoms. The largest absolute Gasteiger partial charge is 0.508 e. The second-order valence-corrected chi connectivity index (χ2v) is 9.57. The van der Waals surface area contributed by atoms with Crippen molar-refractivity contribution in [2.75, 3.05) is 0 Å². The van der Waals surface area contributed by atoms with Crippen LogP contribution in [-0.4, -0.2) is 15.3 Å². The molecule has 0 radical (unpaired) electrons. The van der Waals surface area contributed by atoms with Gasteiger partial charge in [0.25, 0.3) is 0 Å². The third kappa shape index (κ3) is 4.85. The number of allylic oxidation sites excluding steroid dienone is 3. The molecular weight excluding hydrogens is 438 g/mol. The van der Waals surface area contributed by atoms with E-state index in [1.165, 1.54) is 0 Å². The highest BCUT2D eigenvalue weighted by molar-refractivity contribution is 5.52. The lowest BCUT2D eigenvalue weighted by atomic mass is 9.68. The zero-order valence-corrected chi connectivity index (χ0v) is 20.5. The van der Waals surface area contributed by atoms with E-state index >= 15 is 0 Å². The van der Waals surface area contributed by atoms with E-state index in [1.807, 2.05) is 70.2 Å². The molecule has 5 nitrogen and oxygen atoms in total. The maximum Gasteiger partial charge on any atom is 0.118 e. The van der Waals surface area contributed by atoms with Gasteiger partial charge in [0.2, 0.25) is 0 Å². The number of phenolic OH excluding ortho intramolecular Hbond substituents is 2. The van der Waals surface area contributed by atoms with Gasteiger partial charge < -0.3 is 15.3 Å². The fourth-order valence-electron chi connectivity index (χ4n) is 5.16. The number of hydrogen-bond donors (Lipinski definition) is 3. The van der Waals surface area contributed by atoms with Gasteiger partial charge in [-0.2, -0.15) is 0 Å². The monoisotopic (exact) mass is 469 g/mol. The highest BCUT2D eigenvalue weighted by atomic mass is 16.3. The van der Waals surface area contributed by atoms with Gasteiger partial charge in [0.1, 0.15) is 22.9 Å². The van der Waals surface area contributed by atoms with Crippen molar-refractivity contribution in [1.82, 2.24) is 0 Å². The summed E-state index contributed by atoms with van der Waals surface area (Å²) in [5.74, 6) is 0.679. The van der Waals surface area contributed by atoms with E-state index in [0.29, 0.717) is 17.9 Å². The van der Waals surface area contributed by atoms with E-state index in [0.717, 1.165) is 39.0 Å². The predicted molar refractivity (Wildman–Crippen MR) is 139 cm³/mol. The van der Waals surface area contributed by atoms with Crippen LogP contribution in [0.15, 0.2) is 83.3 Å². The minimum Gasteiger partial charge on any atom is -0.508 e. The normalized spacial score (nSPS) is 17.3. The van der Waals surface area contributed by atoms with Crippen LogP contribution in [0.5, 0.6) is 11.5 Å². The van der Waals surface area contributed by atoms with E-state index in [-0.39, 0.29) is 29.3 Å². The number of rotatable bonds is 6. The summed E-state index contributed by atoms with van der Waals surface area (Å²) < 4.78 is 0. The Hall–Kier alpha value is -3.86. The van der Waals surface area contributed by atoms with Gasteiger partial charge in [0.05, 0.1) is 0 Å². The first-order chi connectivity index (χ1) is 16.7. The van der Waals surface area contributed by atoms with E-state index in [4.69, 9.17) is 0 Å². The summed E-state index contributed by atoms with van der Waals surface area (Å²) in [6.45, 7) is 7.56. The number of aliphatic hydroxyl groups is 1. The first kappa shape index (κ1) is 24.3. The Kier molecular flexibility index (Phi) is 6.79. The standard InChI is InChI=1S/C30H31NO4/c1-17-13-21(5-9-25(17)31-35)29(22-6-10-26(32)18(2)14-22)30(23-7-11-27(33)19(3)15-23)24-8-12-28(34)20(4)16-24/h5-7,9-16,24,29-30,32-34H,8H2,1-4H3. The Bertz CT molecular complexity index is 1340. The summed E-state index contributed by atoms with van der Waals surface area (Å²) in [5.41, 5.74) is 6.74. The van der Waals surface area contributed by atoms with E-state index in [9.17, 15) is 20.2 Å². The number of aliphatic hydroxyl groups excluding tert-OH is 1. The SMILES string of the molecule is CC1=CC(C(c2ccc(O)c(C)c2)C(c2ccc(O)c(C)c2)c2ccc(N=O)c(C)c2)CC=C1O. The third-order valence-corrected chi connectivity index (χ3v) is 7.14. The first-order valence-corrected chi connectivity index (χ1v) is 11.8. The predicted octanol–water partition coefficient (Wildman–Crippen LogP) is 7.74. The number of aryl methyl sites for hydroxylation is 3. The van der Waals surface area contributed by atoms with Gasteiger partial charge in [0, 0.05) is 11.8 Å². The molecule has 1 aliphatic rings. The number of hydrogen-bond acceptors (Lipinski definition) is 5. The number of nitrogens with zero attached hydrogens (tertiary/aromatic N) is 1. The second kappa shape index (κ2) is 9.79. The van der Waals surface area contributed by atoms with Crippen LogP contribution in [0.2, 0.25) is 0 Å². The molecule has 180 valence electrons. The van der Waals surface area contributed by atoms with E-state index in [2.05, 4.69) is 11.3 Å². The van der Waals surface area contributed by atoms with Gasteiger partial charge in [-0.1, -0.05) is 42.5 Å². The summed E-state index contributed by atoms with van der Waals surface area (Å²) in [5, 5.41) is 33.8. The van der Waals surface area contributed by atoms with Crippen molar-refractivity contribution in [3.05, 3.63) is 116 Å². The van der Waals surface area contributed by atoms with Gasteiger partial charge in [-0.15, -0.1) is 4.91 Å². The minimum atomic E-state index is -0.125. The highest BCUT2D eigenvalue weighted by Crippen LogP contribution is 2.48. The molecule has 3 aromatic carbocycles. The topological polar surface area (TPSA) is 90.1 Å². The zero-order chi connectivity index (χ0) is 25.3. The lowest BCUT2D eigenvalue weighted by Crippen LogP contribution is -2.22. The number of benzene rings is 3. The Morgan fingerprint density at radius 1 is 0.771 bits per heavy atom. The maximum atomic E-state index is 11.3. The quantitative estimate of drug-likeness (QED) is 0.322. The summed E-state index contributed by atoms with van der Waals surface area (Å²) in [6, 6.07) is 17.1. The van der Waals surface area contributed by atoms with Gasteiger partial charge in [-0.05, 0) is 108 Å². The minimum absolute atomic E-state index is 0.0491. The Balaban J connectivity index is 1.98. The zero-order valence-electron chi connectivity index (χ0n) is 20.5. The van der Waals surface area contributed by atoms with Crippen molar-refractivity contribution in [1.29, 1.82) is 0 Å². The molecule has 0 bridgehead atoms. The lowest BCUT2D eigenvalue weighted by molar-refractivity contribution is 0.394. The van der Waals surface area contributed by atoms with Crippen LogP contribution in [0.4, 0.5) is 5.69 Å². The molecule has 0 saturated heterocycles. The average molecular weight is 470 g/mol. The number of nitroso groups, excluding NO2 is 1. The number of aromatic hydroxyl groups is 2. The van der Waals surface area contributed by atoms with Crippen LogP contribution in [0.3, 0.4) is 0 Å². The molecule has 0 saturated carbocycles. The van der Waals surface area contributed by atoms with Crippen molar-refractivity contribution in [2.24, 2.45) is 11.1 Å². The Morgan fingerprint density at radius 3 is 1.86 bits per heavy atom. The fraction of sp³-hybridized carbons (Fsp3) is 0.267. The summed E-state index contributed by atoms with van der Waals surface area (Å²) in [7, 11) is 0. The molecule has 3 unspecified atom stereocenters. The van der Waals surface area contributed by atoms with Crippen LogP contribution in [0.1, 0.15) is 58.6 Å². The van der Waals surface area contributed by atoms with Crippen LogP contribution in [-0.2, 0) is 0 Å². The molecule has 5 heteroatoms. The molecule has 0 aliphatic heterocycles. The first-order valence-electron chi connectivity index (χ1n) is 11.8. The molecular formula is C30H31NO4. The molecule has 3 N–H and O–H groups in total. The van der Waals surface area contributed by atoms with E-state index in [1.54, 1.807) is 18.2 Å². The second-order valence-electron chi connectivity index (χ2n) is 9.57. The molecule has 1 aliphatic carbocycles. The molecule has 0 heterocycles. The fourth-order valence-corrected chi connectivity index (χ4v) is 5.16. The third-order valence-electron chi connectivity index (χ3n) is 7.14. The smallest absolute Gasteiger partial charge is 0.118 e. The molecule has 3 atom stereocenters. The van der Waals surface area contributed by atoms with Gasteiger partial charge in [0.15, 0.2) is 0 Å². The van der Waals surface area contributed by atoms with Crippen molar-refractivity contribution in [2.45, 2.75) is 46.0 Å². The molecule has 3 aromatic rings. The van der Waals surface area contributed by atoms with Gasteiger partial charge >= 0.3 is 0 Å². The van der Waals surface area contributed by atoms with Crippen molar-refractivity contribution in [3.8, 4) is 11.5 Å². The summed E-state index contributed by atoms with van der Waals surface area (Å²) in [4.78, 5) is 11.3. The summed E-state index contributed by atoms with van der Waals surface area (Å²) >= 11 is 0. The molecule has 0 amide bonds. The van der Waals surface area contributed by atoms with Gasteiger partial charge in [-0.25, -0.2) is 0 Å². The van der Waals surface area contributed by atoms with Crippen LogP contribution >= 0.6 is 0 Å². The van der Waals surface area contributed by atoms with Gasteiger partial charge in [-0.3, -0.25) is 0 Å². The van der Waals surface area contributed by atoms with Crippen LogP contribution in [0, 0.1) is 31.6 Å². The molecule has 4 rings (SSSR count). The Labute approximate surface area is 206 Å². The van der Waals surface area contributed by atoms with Crippen molar-refractivity contribution in [3.63, 3.8) is 0 Å². The van der Waals surface area contributed by atoms with Crippen LogP contribution < -0.4 is 0 Å². The van der Waals surface area contributed by atoms with Crippen molar-refractivity contribution >= 4 is 5.69 Å². The average Bonchev–Trinajstić information content (AvgIpc) is 2.83. The molecule has 0 aromatic heterocycles. The summed E-state index contributed by atoms with van der Waals surface area (Å²) in [6.07, 6.45) is 4.65. The number of phenols is 2. The van der Waals surface area contributed by atoms with Crippen LogP contribution in [0.25, 0.3) is 0 Å². The van der Waals surface area contributed by atoms with Crippen molar-refractivity contribution < 1.29 is 15.3 Å². The van der Waals surface area contributed by atoms with E-state index < -0.39 is 0 Å². The molecule has 0 fully saturated rings. The highest BCUT2D eigenvalue weighted by Gasteiger charge is 2.34. The molecule has 0 spiro atoms.